The standard InChI is InChI=1S/C15H17F3N2O3S/c1-8-3-4-9(24-2)5-12(8)19-14(23)20-6-10(13(21)22)11(7-20)15(16,17)18/h3-5,10-11H,6-7H2,1-2H3,(H,19,23)(H,21,22)/t10-,11-/m1/s1. The maximum absolute atomic E-state index is 13.0. The highest BCUT2D eigenvalue weighted by Gasteiger charge is 2.53. The minimum absolute atomic E-state index is 0.466. The molecule has 2 amide bonds. The van der Waals surface area contributed by atoms with Gasteiger partial charge in [0.05, 0.1) is 11.8 Å². The summed E-state index contributed by atoms with van der Waals surface area (Å²) in [6, 6.07) is 4.66. The van der Waals surface area contributed by atoms with Crippen LogP contribution < -0.4 is 5.32 Å². The number of carboxylic acid groups (broad SMARTS) is 1. The van der Waals surface area contributed by atoms with E-state index in [0.29, 0.717) is 5.69 Å². The van der Waals surface area contributed by atoms with Crippen molar-refractivity contribution < 1.29 is 27.9 Å². The molecule has 1 aliphatic heterocycles. The molecule has 1 aromatic carbocycles. The third kappa shape index (κ3) is 3.95. The Morgan fingerprint density at radius 2 is 2.00 bits per heavy atom. The molecule has 5 nitrogen and oxygen atoms in total. The minimum Gasteiger partial charge on any atom is -0.481 e. The molecule has 0 radical (unpaired) electrons. The lowest BCUT2D eigenvalue weighted by Crippen LogP contribution is -2.35. The minimum atomic E-state index is -4.66. The van der Waals surface area contributed by atoms with Gasteiger partial charge in [-0.1, -0.05) is 6.07 Å². The molecule has 0 aliphatic carbocycles. The van der Waals surface area contributed by atoms with E-state index in [1.165, 1.54) is 11.8 Å². The van der Waals surface area contributed by atoms with Crippen LogP contribution in [0, 0.1) is 18.8 Å². The quantitative estimate of drug-likeness (QED) is 0.808. The zero-order chi connectivity index (χ0) is 18.1. The average Bonchev–Trinajstić information content (AvgIpc) is 2.95. The number of hydrogen-bond acceptors (Lipinski definition) is 3. The summed E-state index contributed by atoms with van der Waals surface area (Å²) in [5, 5.41) is 11.6. The van der Waals surface area contributed by atoms with Gasteiger partial charge in [0.2, 0.25) is 0 Å². The van der Waals surface area contributed by atoms with Crippen LogP contribution in [0.15, 0.2) is 23.1 Å². The molecule has 2 rings (SSSR count). The molecule has 0 bridgehead atoms. The third-order valence-corrected chi connectivity index (χ3v) is 4.76. The first kappa shape index (κ1) is 18.4. The van der Waals surface area contributed by atoms with Crippen molar-refractivity contribution in [2.75, 3.05) is 24.7 Å². The molecule has 1 fully saturated rings. The predicted octanol–water partition coefficient (Wildman–Crippen LogP) is 3.44. The Balaban J connectivity index is 2.15. The summed E-state index contributed by atoms with van der Waals surface area (Å²) in [5.41, 5.74) is 1.26. The SMILES string of the molecule is CSc1ccc(C)c(NC(=O)N2C[C@@H](C(F)(F)F)[C@H](C(=O)O)C2)c1. The number of anilines is 1. The van der Waals surface area contributed by atoms with E-state index in [4.69, 9.17) is 5.11 Å². The van der Waals surface area contributed by atoms with E-state index in [-0.39, 0.29) is 0 Å². The number of amides is 2. The molecule has 132 valence electrons. The van der Waals surface area contributed by atoms with Crippen LogP contribution in [0.2, 0.25) is 0 Å². The highest BCUT2D eigenvalue weighted by atomic mass is 32.2. The zero-order valence-corrected chi connectivity index (χ0v) is 13.9. The largest absolute Gasteiger partial charge is 0.481 e. The van der Waals surface area contributed by atoms with Gasteiger partial charge < -0.3 is 15.3 Å². The molecule has 0 aromatic heterocycles. The van der Waals surface area contributed by atoms with E-state index in [1.54, 1.807) is 19.1 Å². The average molecular weight is 362 g/mol. The second kappa shape index (κ2) is 6.92. The van der Waals surface area contributed by atoms with Crippen LogP contribution in [-0.4, -0.2) is 47.5 Å². The zero-order valence-electron chi connectivity index (χ0n) is 13.1. The molecule has 2 atom stereocenters. The summed E-state index contributed by atoms with van der Waals surface area (Å²) in [5.74, 6) is -5.25. The first-order valence-electron chi connectivity index (χ1n) is 7.13. The van der Waals surface area contributed by atoms with Gasteiger partial charge in [-0.25, -0.2) is 4.79 Å². The molecule has 24 heavy (non-hydrogen) atoms. The van der Waals surface area contributed by atoms with Gasteiger partial charge in [-0.2, -0.15) is 13.2 Å². The normalized spacial score (nSPS) is 21.0. The molecular weight excluding hydrogens is 345 g/mol. The predicted molar refractivity (Wildman–Crippen MR) is 84.2 cm³/mol. The van der Waals surface area contributed by atoms with Crippen molar-refractivity contribution in [3.63, 3.8) is 0 Å². The van der Waals surface area contributed by atoms with Crippen LogP contribution in [0.1, 0.15) is 5.56 Å². The molecule has 0 spiro atoms. The number of alkyl halides is 3. The summed E-state index contributed by atoms with van der Waals surface area (Å²) < 4.78 is 38.9. The Morgan fingerprint density at radius 1 is 1.33 bits per heavy atom. The highest BCUT2D eigenvalue weighted by molar-refractivity contribution is 7.98. The van der Waals surface area contributed by atoms with Crippen LogP contribution in [0.3, 0.4) is 0 Å². The first-order valence-corrected chi connectivity index (χ1v) is 8.36. The summed E-state index contributed by atoms with van der Waals surface area (Å²) >= 11 is 1.47. The summed E-state index contributed by atoms with van der Waals surface area (Å²) in [6.45, 7) is 0.641. The highest BCUT2D eigenvalue weighted by Crippen LogP contribution is 2.38. The van der Waals surface area contributed by atoms with Gasteiger partial charge in [0.1, 0.15) is 0 Å². The van der Waals surface area contributed by atoms with Crippen LogP contribution in [0.4, 0.5) is 23.7 Å². The van der Waals surface area contributed by atoms with E-state index < -0.39 is 43.1 Å². The Kier molecular flexibility index (Phi) is 5.32. The van der Waals surface area contributed by atoms with Crippen LogP contribution in [-0.2, 0) is 4.79 Å². The van der Waals surface area contributed by atoms with Gasteiger partial charge in [0.15, 0.2) is 0 Å². The van der Waals surface area contributed by atoms with E-state index in [9.17, 15) is 22.8 Å². The van der Waals surface area contributed by atoms with E-state index in [1.807, 2.05) is 12.3 Å². The second-order valence-electron chi connectivity index (χ2n) is 5.61. The van der Waals surface area contributed by atoms with Crippen molar-refractivity contribution in [2.24, 2.45) is 11.8 Å². The van der Waals surface area contributed by atoms with E-state index in [0.717, 1.165) is 15.4 Å². The Labute approximate surface area is 141 Å². The van der Waals surface area contributed by atoms with E-state index in [2.05, 4.69) is 5.32 Å². The molecule has 1 heterocycles. The Bertz CT molecular complexity index is 651. The fraction of sp³-hybridized carbons (Fsp3) is 0.467. The lowest BCUT2D eigenvalue weighted by atomic mass is 9.96. The Morgan fingerprint density at radius 3 is 2.50 bits per heavy atom. The summed E-state index contributed by atoms with van der Waals surface area (Å²) in [7, 11) is 0. The lowest BCUT2D eigenvalue weighted by molar-refractivity contribution is -0.187. The molecule has 9 heteroatoms. The number of nitrogens with one attached hydrogen (secondary N) is 1. The summed E-state index contributed by atoms with van der Waals surface area (Å²) in [6.07, 6.45) is -2.80. The molecular formula is C15H17F3N2O3S. The third-order valence-electron chi connectivity index (χ3n) is 4.03. The summed E-state index contributed by atoms with van der Waals surface area (Å²) in [4.78, 5) is 25.1. The number of aliphatic carboxylic acids is 1. The number of nitrogens with zero attached hydrogens (tertiary/aromatic N) is 1. The van der Waals surface area contributed by atoms with Crippen LogP contribution in [0.25, 0.3) is 0 Å². The van der Waals surface area contributed by atoms with Crippen LogP contribution in [0.5, 0.6) is 0 Å². The number of halogens is 3. The van der Waals surface area contributed by atoms with Gasteiger partial charge in [-0.3, -0.25) is 4.79 Å². The van der Waals surface area contributed by atoms with Gasteiger partial charge in [0.25, 0.3) is 0 Å². The number of likely N-dealkylation sites (tertiary alicyclic amines) is 1. The number of rotatable bonds is 3. The second-order valence-corrected chi connectivity index (χ2v) is 6.49. The molecule has 1 aliphatic rings. The topological polar surface area (TPSA) is 69.6 Å². The molecule has 0 saturated carbocycles. The number of thioether (sulfide) groups is 1. The van der Waals surface area contributed by atoms with Crippen molar-refractivity contribution in [3.8, 4) is 0 Å². The fourth-order valence-corrected chi connectivity index (χ4v) is 3.05. The maximum atomic E-state index is 13.0. The number of carbonyl (C=O) groups is 2. The van der Waals surface area contributed by atoms with Crippen molar-refractivity contribution in [1.29, 1.82) is 0 Å². The van der Waals surface area contributed by atoms with Crippen LogP contribution >= 0.6 is 11.8 Å². The molecule has 0 unspecified atom stereocenters. The molecule has 1 aromatic rings. The number of benzene rings is 1. The molecule has 2 N–H and O–H groups in total. The Hall–Kier alpha value is -1.90. The number of aryl methyl sites for hydroxylation is 1. The van der Waals surface area contributed by atoms with E-state index >= 15 is 0 Å². The monoisotopic (exact) mass is 362 g/mol. The smallest absolute Gasteiger partial charge is 0.394 e. The van der Waals surface area contributed by atoms with Gasteiger partial charge >= 0.3 is 18.2 Å². The lowest BCUT2D eigenvalue weighted by Gasteiger charge is -2.19. The number of carboxylic acids is 1. The number of carbonyl (C=O) groups excluding carboxylic acids is 1. The number of hydrogen-bond donors (Lipinski definition) is 2. The fourth-order valence-electron chi connectivity index (χ4n) is 2.61. The number of urea groups is 1. The molecule has 1 saturated heterocycles. The van der Waals surface area contributed by atoms with Crippen molar-refractivity contribution in [3.05, 3.63) is 23.8 Å². The first-order chi connectivity index (χ1) is 11.1. The van der Waals surface area contributed by atoms with Gasteiger partial charge in [-0.05, 0) is 30.9 Å². The van der Waals surface area contributed by atoms with Crippen molar-refractivity contribution >= 4 is 29.4 Å². The van der Waals surface area contributed by atoms with Crippen molar-refractivity contribution in [1.82, 2.24) is 4.90 Å². The maximum Gasteiger partial charge on any atom is 0.394 e. The van der Waals surface area contributed by atoms with Crippen molar-refractivity contribution in [2.45, 2.75) is 18.0 Å². The van der Waals surface area contributed by atoms with Gasteiger partial charge in [-0.15, -0.1) is 11.8 Å². The van der Waals surface area contributed by atoms with Gasteiger partial charge in [0, 0.05) is 23.7 Å².